The number of hydrogen-bond acceptors (Lipinski definition) is 6. The Morgan fingerprint density at radius 1 is 1.24 bits per heavy atom. The van der Waals surface area contributed by atoms with Gasteiger partial charge in [-0.05, 0) is 25.2 Å². The van der Waals surface area contributed by atoms with Gasteiger partial charge in [0.2, 0.25) is 23.6 Å². The molecule has 7 N–H and O–H groups in total. The minimum Gasteiger partial charge on any atom is -0.480 e. The molecule has 1 aliphatic rings. The number of carbonyl (C=O) groups is 5. The number of carbonyl (C=O) groups excluding carboxylic acids is 4. The van der Waals surface area contributed by atoms with Crippen LogP contribution in [0.5, 0.6) is 0 Å². The van der Waals surface area contributed by atoms with Crippen molar-refractivity contribution in [1.82, 2.24) is 15.5 Å². The van der Waals surface area contributed by atoms with Crippen LogP contribution in [0.3, 0.4) is 0 Å². The predicted octanol–water partition coefficient (Wildman–Crippen LogP) is -1.70. The summed E-state index contributed by atoms with van der Waals surface area (Å²) < 4.78 is 0. The Bertz CT molecular complexity index is 640. The number of carboxylic acid groups (broad SMARTS) is 1. The average molecular weight is 413 g/mol. The minimum atomic E-state index is -1.31. The molecule has 11 nitrogen and oxygen atoms in total. The first-order chi connectivity index (χ1) is 13.6. The lowest BCUT2D eigenvalue weighted by Crippen LogP contribution is -2.54. The van der Waals surface area contributed by atoms with E-state index in [0.29, 0.717) is 19.4 Å². The molecular weight excluding hydrogens is 382 g/mol. The number of carboxylic acids is 1. The van der Waals surface area contributed by atoms with E-state index >= 15 is 0 Å². The second kappa shape index (κ2) is 11.3. The van der Waals surface area contributed by atoms with Crippen molar-refractivity contribution in [3.63, 3.8) is 0 Å². The van der Waals surface area contributed by atoms with Crippen LogP contribution in [-0.2, 0) is 24.0 Å². The largest absolute Gasteiger partial charge is 0.480 e. The molecule has 0 aromatic carbocycles. The van der Waals surface area contributed by atoms with Gasteiger partial charge in [-0.2, -0.15) is 0 Å². The number of primary amides is 1. The molecule has 4 unspecified atom stereocenters. The number of nitrogens with two attached hydrogens (primary N) is 2. The van der Waals surface area contributed by atoms with Crippen LogP contribution in [0.4, 0.5) is 0 Å². The maximum absolute atomic E-state index is 12.6. The van der Waals surface area contributed by atoms with Crippen molar-refractivity contribution in [2.75, 3.05) is 13.1 Å². The zero-order chi connectivity index (χ0) is 22.1. The summed E-state index contributed by atoms with van der Waals surface area (Å²) in [5.41, 5.74) is 11.0. The Balaban J connectivity index is 2.59. The van der Waals surface area contributed by atoms with Gasteiger partial charge in [-0.15, -0.1) is 0 Å². The normalized spacial score (nSPS) is 19.1. The lowest BCUT2D eigenvalue weighted by atomic mass is 9.98. The molecule has 1 fully saturated rings. The maximum atomic E-state index is 12.6. The first-order valence-corrected chi connectivity index (χ1v) is 9.72. The van der Waals surface area contributed by atoms with Crippen molar-refractivity contribution < 1.29 is 29.1 Å². The predicted molar refractivity (Wildman–Crippen MR) is 103 cm³/mol. The third-order valence-corrected chi connectivity index (χ3v) is 5.12. The molecule has 1 rings (SSSR count). The molecule has 164 valence electrons. The third kappa shape index (κ3) is 7.33. The number of aliphatic carboxylic acids is 1. The smallest absolute Gasteiger partial charge is 0.326 e. The molecule has 0 bridgehead atoms. The molecule has 1 saturated heterocycles. The van der Waals surface area contributed by atoms with Crippen LogP contribution in [0, 0.1) is 5.92 Å². The number of hydrogen-bond donors (Lipinski definition) is 5. The Labute approximate surface area is 169 Å². The van der Waals surface area contributed by atoms with Crippen LogP contribution in [0.1, 0.15) is 46.0 Å². The molecule has 29 heavy (non-hydrogen) atoms. The third-order valence-electron chi connectivity index (χ3n) is 5.12. The topological polar surface area (TPSA) is 185 Å². The number of amides is 4. The Morgan fingerprint density at radius 2 is 1.90 bits per heavy atom. The Hall–Kier alpha value is -2.69. The molecule has 0 aliphatic carbocycles. The molecule has 4 amide bonds. The number of rotatable bonds is 11. The van der Waals surface area contributed by atoms with Crippen LogP contribution in [0.25, 0.3) is 0 Å². The molecule has 0 saturated carbocycles. The van der Waals surface area contributed by atoms with Gasteiger partial charge >= 0.3 is 5.97 Å². The fourth-order valence-electron chi connectivity index (χ4n) is 3.07. The van der Waals surface area contributed by atoms with E-state index in [2.05, 4.69) is 10.6 Å². The van der Waals surface area contributed by atoms with Crippen molar-refractivity contribution in [3.8, 4) is 0 Å². The van der Waals surface area contributed by atoms with Crippen LogP contribution in [-0.4, -0.2) is 70.8 Å². The summed E-state index contributed by atoms with van der Waals surface area (Å²) in [6.07, 6.45) is 1.50. The van der Waals surface area contributed by atoms with E-state index in [9.17, 15) is 24.0 Å². The monoisotopic (exact) mass is 413 g/mol. The Morgan fingerprint density at radius 3 is 2.45 bits per heavy atom. The summed E-state index contributed by atoms with van der Waals surface area (Å²) in [6, 6.07) is -2.70. The maximum Gasteiger partial charge on any atom is 0.326 e. The summed E-state index contributed by atoms with van der Waals surface area (Å²) in [5, 5.41) is 13.7. The van der Waals surface area contributed by atoms with Crippen LogP contribution in [0.15, 0.2) is 0 Å². The van der Waals surface area contributed by atoms with E-state index in [4.69, 9.17) is 16.6 Å². The van der Waals surface area contributed by atoms with Crippen molar-refractivity contribution in [1.29, 1.82) is 0 Å². The van der Waals surface area contributed by atoms with Gasteiger partial charge in [0.25, 0.3) is 0 Å². The van der Waals surface area contributed by atoms with Crippen molar-refractivity contribution in [2.24, 2.45) is 17.4 Å². The molecule has 1 aliphatic heterocycles. The van der Waals surface area contributed by atoms with Gasteiger partial charge in [0.15, 0.2) is 0 Å². The second-order valence-electron chi connectivity index (χ2n) is 7.28. The van der Waals surface area contributed by atoms with E-state index in [0.717, 1.165) is 6.42 Å². The van der Waals surface area contributed by atoms with E-state index in [-0.39, 0.29) is 24.7 Å². The standard InChI is InChI=1S/C18H31N5O6/c1-3-10(2)15(20)17(27)23-8-4-5-12(23)16(26)21-9-14(25)22-11(18(28)29)6-7-13(19)24/h10-12,15H,3-9,20H2,1-2H3,(H2,19,24)(H,21,26)(H,22,25)(H,28,29). The average Bonchev–Trinajstić information content (AvgIpc) is 3.16. The first kappa shape index (κ1) is 24.3. The van der Waals surface area contributed by atoms with Crippen molar-refractivity contribution >= 4 is 29.6 Å². The lowest BCUT2D eigenvalue weighted by Gasteiger charge is -2.28. The van der Waals surface area contributed by atoms with Gasteiger partial charge in [-0.25, -0.2) is 4.79 Å². The summed E-state index contributed by atoms with van der Waals surface area (Å²) in [7, 11) is 0. The van der Waals surface area contributed by atoms with E-state index < -0.39 is 48.4 Å². The summed E-state index contributed by atoms with van der Waals surface area (Å²) in [6.45, 7) is 3.77. The van der Waals surface area contributed by atoms with Crippen LogP contribution >= 0.6 is 0 Å². The first-order valence-electron chi connectivity index (χ1n) is 9.72. The highest BCUT2D eigenvalue weighted by Crippen LogP contribution is 2.20. The minimum absolute atomic E-state index is 0.0223. The number of likely N-dealkylation sites (tertiary alicyclic amines) is 1. The highest BCUT2D eigenvalue weighted by molar-refractivity contribution is 5.93. The molecule has 1 heterocycles. The lowest BCUT2D eigenvalue weighted by molar-refractivity contribution is -0.142. The highest BCUT2D eigenvalue weighted by Gasteiger charge is 2.37. The van der Waals surface area contributed by atoms with Gasteiger partial charge in [0, 0.05) is 13.0 Å². The molecule has 0 aromatic rings. The number of nitrogens with zero attached hydrogens (tertiary/aromatic N) is 1. The molecule has 0 spiro atoms. The van der Waals surface area contributed by atoms with Gasteiger partial charge in [-0.3, -0.25) is 19.2 Å². The molecule has 11 heteroatoms. The molecule has 4 atom stereocenters. The zero-order valence-electron chi connectivity index (χ0n) is 16.8. The molecular formula is C18H31N5O6. The zero-order valence-corrected chi connectivity index (χ0v) is 16.8. The van der Waals surface area contributed by atoms with Gasteiger partial charge in [-0.1, -0.05) is 20.3 Å². The Kier molecular flexibility index (Phi) is 9.53. The summed E-state index contributed by atoms with van der Waals surface area (Å²) in [5.74, 6) is -3.52. The van der Waals surface area contributed by atoms with Crippen molar-refractivity contribution in [2.45, 2.75) is 64.1 Å². The quantitative estimate of drug-likeness (QED) is 0.267. The fourth-order valence-corrected chi connectivity index (χ4v) is 3.07. The van der Waals surface area contributed by atoms with E-state index in [1.807, 2.05) is 13.8 Å². The summed E-state index contributed by atoms with van der Waals surface area (Å²) in [4.78, 5) is 60.4. The molecule has 0 radical (unpaired) electrons. The van der Waals surface area contributed by atoms with Crippen LogP contribution in [0.2, 0.25) is 0 Å². The fraction of sp³-hybridized carbons (Fsp3) is 0.722. The SMILES string of the molecule is CCC(C)C(N)C(=O)N1CCCC1C(=O)NCC(=O)NC(CCC(N)=O)C(=O)O. The number of nitrogens with one attached hydrogen (secondary N) is 2. The van der Waals surface area contributed by atoms with Gasteiger partial charge in [0.05, 0.1) is 12.6 Å². The van der Waals surface area contributed by atoms with E-state index in [1.165, 1.54) is 4.90 Å². The van der Waals surface area contributed by atoms with Crippen LogP contribution < -0.4 is 22.1 Å². The van der Waals surface area contributed by atoms with Gasteiger partial charge < -0.3 is 32.1 Å². The summed E-state index contributed by atoms with van der Waals surface area (Å²) >= 11 is 0. The van der Waals surface area contributed by atoms with E-state index in [1.54, 1.807) is 0 Å². The second-order valence-corrected chi connectivity index (χ2v) is 7.28. The van der Waals surface area contributed by atoms with Crippen molar-refractivity contribution in [3.05, 3.63) is 0 Å². The highest BCUT2D eigenvalue weighted by atomic mass is 16.4. The van der Waals surface area contributed by atoms with Gasteiger partial charge in [0.1, 0.15) is 12.1 Å². The molecule has 0 aromatic heterocycles.